The minimum Gasteiger partial charge on any atom is -0.432 e. The fourth-order valence-corrected chi connectivity index (χ4v) is 13.6. The average Bonchev–Trinajstić information content (AvgIpc) is 4.05. The van der Waals surface area contributed by atoms with Crippen LogP contribution >= 0.6 is 0 Å². The lowest BCUT2D eigenvalue weighted by Gasteiger charge is -2.37. The third-order valence-electron chi connectivity index (χ3n) is 14.2. The van der Waals surface area contributed by atoms with Crippen LogP contribution in [0.2, 0.25) is 18.6 Å². The molecular weight excluding hydrogens is 861 g/mol. The molecule has 1 spiro atoms. The molecule has 0 aliphatic carbocycles. The van der Waals surface area contributed by atoms with E-state index >= 15 is 4.79 Å². The van der Waals surface area contributed by atoms with Crippen molar-refractivity contribution in [3.8, 4) is 0 Å². The molecule has 1 saturated heterocycles. The maximum atomic E-state index is 15.4. The molecule has 3 aliphatic heterocycles. The molecule has 1 fully saturated rings. The van der Waals surface area contributed by atoms with Crippen LogP contribution in [0.3, 0.4) is 0 Å². The second-order valence-corrected chi connectivity index (χ2v) is 22.9. The number of carbonyl (C=O) groups is 4. The summed E-state index contributed by atoms with van der Waals surface area (Å²) >= 11 is 0. The molecule has 5 aromatic carbocycles. The van der Waals surface area contributed by atoms with Crippen molar-refractivity contribution in [1.82, 2.24) is 14.9 Å². The highest BCUT2D eigenvalue weighted by Gasteiger charge is 2.66. The lowest BCUT2D eigenvalue weighted by atomic mass is 9.82. The van der Waals surface area contributed by atoms with Crippen LogP contribution in [-0.4, -0.2) is 75.5 Å². The number of aromatic amines is 2. The van der Waals surface area contributed by atoms with E-state index in [1.54, 1.807) is 21.9 Å². The number of aliphatic hydroxyl groups excluding tert-OH is 1. The van der Waals surface area contributed by atoms with E-state index in [4.69, 9.17) is 4.74 Å². The van der Waals surface area contributed by atoms with Crippen LogP contribution in [0.5, 0.6) is 0 Å². The standard InChI is InChI=1S/C53H54N6O7Si/c1-32-51(67(2,3)65)47(26-50(63)58-30-35-11-5-4-10-34(35)22-40(58)31-60)66-53(32)43-25-39(57-49(62)24-37-28-55-45-15-9-7-13-42(37)45)20-21-46(43)59(52(53)64)29-33-16-18-38(19-17-33)56-48(61)23-36-27-54-44-14-8-6-12-41(36)44/h4-21,25,27-28,32,40,47,51,54-55,60,65H,22-24,26,29-31H2,1-3H3,(H,56,61)(H,57,62)/t32-,40+,47+,51-,53+/m1/s1. The minimum absolute atomic E-state index is 0.0937. The Morgan fingerprint density at radius 3 is 2.00 bits per heavy atom. The average molecular weight is 915 g/mol. The van der Waals surface area contributed by atoms with Gasteiger partial charge in [-0.2, -0.15) is 0 Å². The molecule has 4 amide bonds. The summed E-state index contributed by atoms with van der Waals surface area (Å²) in [7, 11) is -3.17. The van der Waals surface area contributed by atoms with Gasteiger partial charge >= 0.3 is 0 Å². The molecule has 3 aliphatic rings. The first-order chi connectivity index (χ1) is 32.3. The molecule has 0 radical (unpaired) electrons. The molecule has 2 aromatic heterocycles. The molecule has 5 heterocycles. The van der Waals surface area contributed by atoms with Crippen molar-refractivity contribution in [2.45, 2.75) is 82.1 Å². The topological polar surface area (TPSA) is 180 Å². The largest absolute Gasteiger partial charge is 0.432 e. The van der Waals surface area contributed by atoms with Crippen LogP contribution in [0.1, 0.15) is 46.7 Å². The summed E-state index contributed by atoms with van der Waals surface area (Å²) < 4.78 is 7.10. The van der Waals surface area contributed by atoms with Gasteiger partial charge in [-0.3, -0.25) is 19.2 Å². The number of H-pyrrole nitrogens is 2. The zero-order valence-electron chi connectivity index (χ0n) is 37.7. The molecule has 7 aromatic rings. The second kappa shape index (κ2) is 17.4. The fourth-order valence-electron chi connectivity index (χ4n) is 11.0. The zero-order chi connectivity index (χ0) is 46.6. The summed E-state index contributed by atoms with van der Waals surface area (Å²) in [6.45, 7) is 5.86. The van der Waals surface area contributed by atoms with Gasteiger partial charge in [0.15, 0.2) is 13.9 Å². The highest BCUT2D eigenvalue weighted by Crippen LogP contribution is 2.60. The predicted octanol–water partition coefficient (Wildman–Crippen LogP) is 7.69. The number of nitrogens with one attached hydrogen (secondary N) is 4. The smallest absolute Gasteiger partial charge is 0.264 e. The number of benzene rings is 5. The first-order valence-electron chi connectivity index (χ1n) is 22.9. The number of aliphatic hydroxyl groups is 1. The molecule has 14 heteroatoms. The van der Waals surface area contributed by atoms with Crippen LogP contribution in [0.4, 0.5) is 17.1 Å². The Morgan fingerprint density at radius 2 is 1.37 bits per heavy atom. The monoisotopic (exact) mass is 914 g/mol. The zero-order valence-corrected chi connectivity index (χ0v) is 38.7. The lowest BCUT2D eigenvalue weighted by Crippen LogP contribution is -2.48. The molecule has 6 N–H and O–H groups in total. The van der Waals surface area contributed by atoms with Crippen LogP contribution < -0.4 is 15.5 Å². The number of carbonyl (C=O) groups excluding carboxylic acids is 4. The number of para-hydroxylation sites is 2. The highest BCUT2D eigenvalue weighted by molar-refractivity contribution is 6.71. The maximum absolute atomic E-state index is 15.4. The van der Waals surface area contributed by atoms with Gasteiger partial charge in [0.1, 0.15) is 0 Å². The molecule has 0 saturated carbocycles. The molecule has 13 nitrogen and oxygen atoms in total. The Labute approximate surface area is 389 Å². The molecule has 5 atom stereocenters. The van der Waals surface area contributed by atoms with Gasteiger partial charge in [0.25, 0.3) is 5.91 Å². The first kappa shape index (κ1) is 44.0. The van der Waals surface area contributed by atoms with Crippen molar-refractivity contribution >= 4 is 70.8 Å². The number of rotatable bonds is 12. The van der Waals surface area contributed by atoms with E-state index in [0.717, 1.165) is 49.6 Å². The number of anilines is 3. The summed E-state index contributed by atoms with van der Waals surface area (Å²) in [5.74, 6) is -1.52. The van der Waals surface area contributed by atoms with Crippen LogP contribution in [-0.2, 0) is 61.9 Å². The number of hydrogen-bond acceptors (Lipinski definition) is 7. The Bertz CT molecular complexity index is 3050. The highest BCUT2D eigenvalue weighted by atomic mass is 28.4. The van der Waals surface area contributed by atoms with Crippen LogP contribution in [0.15, 0.2) is 128 Å². The van der Waals surface area contributed by atoms with E-state index in [1.807, 2.05) is 136 Å². The van der Waals surface area contributed by atoms with Crippen molar-refractivity contribution in [3.05, 3.63) is 161 Å². The Balaban J connectivity index is 0.943. The molecular formula is C53H54N6O7Si. The number of aromatic nitrogens is 2. The van der Waals surface area contributed by atoms with Crippen molar-refractivity contribution in [2.24, 2.45) is 5.92 Å². The van der Waals surface area contributed by atoms with Gasteiger partial charge in [-0.15, -0.1) is 0 Å². The SMILES string of the molecule is C[C@@H]1[C@@H]([Si](C)(C)O)[C@H](CC(=O)N2Cc3ccccc3C[C@H]2CO)O[C@@]12C(=O)N(Cc1ccc(NC(=O)Cc3c[nH]c4ccccc34)cc1)c1ccc(NC(=O)Cc3c[nH]c4ccccc34)cc12. The Kier molecular flexibility index (Phi) is 11.4. The fraction of sp³-hybridized carbons (Fsp3) is 0.283. The number of hydrogen-bond donors (Lipinski definition) is 6. The summed E-state index contributed by atoms with van der Waals surface area (Å²) in [6, 6.07) is 35.9. The minimum atomic E-state index is -3.17. The molecule has 0 bridgehead atoms. The second-order valence-electron chi connectivity index (χ2n) is 18.9. The number of fused-ring (bicyclic) bond motifs is 5. The van der Waals surface area contributed by atoms with E-state index in [9.17, 15) is 24.3 Å². The molecule has 67 heavy (non-hydrogen) atoms. The van der Waals surface area contributed by atoms with Gasteiger partial charge in [-0.05, 0) is 89.8 Å². The summed E-state index contributed by atoms with van der Waals surface area (Å²) in [4.78, 5) is 78.6. The van der Waals surface area contributed by atoms with E-state index in [2.05, 4.69) is 20.6 Å². The first-order valence-corrected chi connectivity index (χ1v) is 26.0. The summed E-state index contributed by atoms with van der Waals surface area (Å²) in [6.07, 6.45) is 3.61. The normalized spacial score (nSPS) is 21.2. The third-order valence-corrected chi connectivity index (χ3v) is 16.7. The van der Waals surface area contributed by atoms with E-state index < -0.39 is 37.5 Å². The van der Waals surface area contributed by atoms with Crippen molar-refractivity contribution in [3.63, 3.8) is 0 Å². The van der Waals surface area contributed by atoms with Gasteiger partial charge in [0.2, 0.25) is 17.7 Å². The Hall–Kier alpha value is -6.84. The van der Waals surface area contributed by atoms with Crippen molar-refractivity contribution in [2.75, 3.05) is 22.1 Å². The number of amides is 4. The van der Waals surface area contributed by atoms with Gasteiger partial charge < -0.3 is 45.0 Å². The molecule has 10 rings (SSSR count). The molecule has 342 valence electrons. The van der Waals surface area contributed by atoms with Crippen LogP contribution in [0, 0.1) is 5.92 Å². The van der Waals surface area contributed by atoms with E-state index in [0.29, 0.717) is 35.6 Å². The molecule has 0 unspecified atom stereocenters. The third kappa shape index (κ3) is 8.13. The van der Waals surface area contributed by atoms with Crippen LogP contribution in [0.25, 0.3) is 21.8 Å². The van der Waals surface area contributed by atoms with E-state index in [-0.39, 0.29) is 56.0 Å². The predicted molar refractivity (Wildman–Crippen MR) is 261 cm³/mol. The lowest BCUT2D eigenvalue weighted by molar-refractivity contribution is -0.151. The summed E-state index contributed by atoms with van der Waals surface area (Å²) in [5.41, 5.74) is 6.67. The van der Waals surface area contributed by atoms with Gasteiger partial charge in [-0.25, -0.2) is 0 Å². The van der Waals surface area contributed by atoms with Gasteiger partial charge in [0.05, 0.1) is 50.2 Å². The van der Waals surface area contributed by atoms with Gasteiger partial charge in [-0.1, -0.05) is 79.7 Å². The van der Waals surface area contributed by atoms with Crippen molar-refractivity contribution < 1.29 is 33.8 Å². The van der Waals surface area contributed by atoms with Crippen molar-refractivity contribution in [1.29, 1.82) is 0 Å². The Morgan fingerprint density at radius 1 is 0.791 bits per heavy atom. The number of nitrogens with zero attached hydrogens (tertiary/aromatic N) is 2. The van der Waals surface area contributed by atoms with E-state index in [1.165, 1.54) is 0 Å². The maximum Gasteiger partial charge on any atom is 0.264 e. The van der Waals surface area contributed by atoms with Gasteiger partial charge in [0, 0.05) is 69.1 Å². The quantitative estimate of drug-likeness (QED) is 0.0680. The summed E-state index contributed by atoms with van der Waals surface area (Å²) in [5, 5.41) is 18.5. The number of ether oxygens (including phenoxy) is 1.